The van der Waals surface area contributed by atoms with Gasteiger partial charge in [0.1, 0.15) is 5.82 Å². The van der Waals surface area contributed by atoms with E-state index in [1.807, 2.05) is 0 Å². The number of rotatable bonds is 4. The highest BCUT2D eigenvalue weighted by Gasteiger charge is 2.09. The van der Waals surface area contributed by atoms with Gasteiger partial charge >= 0.3 is 0 Å². The third-order valence-corrected chi connectivity index (χ3v) is 3.86. The van der Waals surface area contributed by atoms with E-state index in [2.05, 4.69) is 31.4 Å². The second kappa shape index (κ2) is 6.46. The van der Waals surface area contributed by atoms with Gasteiger partial charge in [-0.2, -0.15) is 0 Å². The number of anilines is 1. The molecule has 0 saturated heterocycles. The maximum atomic E-state index is 13.2. The average Bonchev–Trinajstić information content (AvgIpc) is 2.98. The average molecular weight is 383 g/mol. The van der Waals surface area contributed by atoms with Gasteiger partial charge in [-0.1, -0.05) is 11.6 Å². The summed E-state index contributed by atoms with van der Waals surface area (Å²) in [5.74, 6) is 0.492. The van der Waals surface area contributed by atoms with Crippen molar-refractivity contribution < 1.29 is 8.81 Å². The van der Waals surface area contributed by atoms with Crippen molar-refractivity contribution in [3.8, 4) is 11.5 Å². The first kappa shape index (κ1) is 15.0. The van der Waals surface area contributed by atoms with Gasteiger partial charge in [0.25, 0.3) is 0 Å². The predicted molar refractivity (Wildman–Crippen MR) is 86.2 cm³/mol. The third kappa shape index (κ3) is 3.45. The molecule has 0 amide bonds. The Morgan fingerprint density at radius 2 is 1.91 bits per heavy atom. The monoisotopic (exact) mass is 381 g/mol. The summed E-state index contributed by atoms with van der Waals surface area (Å²) in [4.78, 5) is 0. The van der Waals surface area contributed by atoms with E-state index < -0.39 is 0 Å². The molecule has 0 unspecified atom stereocenters. The summed E-state index contributed by atoms with van der Waals surface area (Å²) in [5, 5.41) is 11.6. The Labute approximate surface area is 139 Å². The Balaban J connectivity index is 1.72. The molecule has 0 fully saturated rings. The van der Waals surface area contributed by atoms with Crippen LogP contribution in [0.5, 0.6) is 0 Å². The number of aromatic nitrogens is 2. The van der Waals surface area contributed by atoms with E-state index in [-0.39, 0.29) is 5.82 Å². The maximum absolute atomic E-state index is 13.2. The van der Waals surface area contributed by atoms with Crippen LogP contribution >= 0.6 is 27.5 Å². The molecule has 7 heteroatoms. The molecule has 0 aliphatic carbocycles. The van der Waals surface area contributed by atoms with E-state index in [1.54, 1.807) is 30.3 Å². The van der Waals surface area contributed by atoms with Gasteiger partial charge in [0.05, 0.1) is 12.2 Å². The smallest absolute Gasteiger partial charge is 0.247 e. The van der Waals surface area contributed by atoms with Crippen molar-refractivity contribution in [3.63, 3.8) is 0 Å². The summed E-state index contributed by atoms with van der Waals surface area (Å²) in [5.41, 5.74) is 1.40. The molecule has 2 aromatic carbocycles. The molecule has 0 aliphatic heterocycles. The van der Waals surface area contributed by atoms with Gasteiger partial charge in [-0.3, -0.25) is 0 Å². The van der Waals surface area contributed by atoms with Crippen LogP contribution in [0.25, 0.3) is 11.5 Å². The molecule has 1 N–H and O–H groups in total. The van der Waals surface area contributed by atoms with Crippen LogP contribution < -0.4 is 5.32 Å². The van der Waals surface area contributed by atoms with Crippen molar-refractivity contribution in [2.24, 2.45) is 0 Å². The minimum atomic E-state index is -0.321. The predicted octanol–water partition coefficient (Wildman–Crippen LogP) is 4.90. The molecule has 22 heavy (non-hydrogen) atoms. The summed E-state index contributed by atoms with van der Waals surface area (Å²) in [6, 6.07) is 11.5. The van der Waals surface area contributed by atoms with Crippen LogP contribution in [-0.4, -0.2) is 10.2 Å². The number of hydrogen-bond donors (Lipinski definition) is 1. The normalized spacial score (nSPS) is 10.7. The zero-order chi connectivity index (χ0) is 15.5. The Morgan fingerprint density at radius 3 is 2.68 bits per heavy atom. The van der Waals surface area contributed by atoms with Gasteiger partial charge in [-0.25, -0.2) is 4.39 Å². The van der Waals surface area contributed by atoms with Crippen molar-refractivity contribution in [2.45, 2.75) is 6.54 Å². The highest BCUT2D eigenvalue weighted by atomic mass is 79.9. The fourth-order valence-corrected chi connectivity index (χ4v) is 2.35. The standard InChI is InChI=1S/C15H10BrClFN3O/c16-12-6-5-11(18)7-13(12)19-8-14-20-21-15(22-14)9-1-3-10(17)4-2-9/h1-7,19H,8H2. The molecule has 0 spiro atoms. The van der Waals surface area contributed by atoms with Gasteiger partial charge in [0.15, 0.2) is 0 Å². The molecular weight excluding hydrogens is 373 g/mol. The van der Waals surface area contributed by atoms with Crippen LogP contribution in [-0.2, 0) is 6.54 Å². The summed E-state index contributed by atoms with van der Waals surface area (Å²) in [7, 11) is 0. The Hall–Kier alpha value is -1.92. The van der Waals surface area contributed by atoms with Crippen LogP contribution in [0, 0.1) is 5.82 Å². The van der Waals surface area contributed by atoms with Gasteiger partial charge in [0.2, 0.25) is 11.8 Å². The lowest BCUT2D eigenvalue weighted by Crippen LogP contribution is -2.00. The summed E-state index contributed by atoms with van der Waals surface area (Å²) < 4.78 is 19.5. The molecule has 0 radical (unpaired) electrons. The van der Waals surface area contributed by atoms with E-state index in [0.29, 0.717) is 29.0 Å². The first-order valence-corrected chi connectivity index (χ1v) is 7.56. The highest BCUT2D eigenvalue weighted by molar-refractivity contribution is 9.10. The van der Waals surface area contributed by atoms with Crippen molar-refractivity contribution >= 4 is 33.2 Å². The topological polar surface area (TPSA) is 51.0 Å². The number of benzene rings is 2. The van der Waals surface area contributed by atoms with Gasteiger partial charge in [-0.05, 0) is 58.4 Å². The second-order valence-electron chi connectivity index (χ2n) is 4.49. The van der Waals surface area contributed by atoms with E-state index in [9.17, 15) is 4.39 Å². The number of halogens is 3. The van der Waals surface area contributed by atoms with Gasteiger partial charge < -0.3 is 9.73 Å². The van der Waals surface area contributed by atoms with Crippen molar-refractivity contribution in [1.82, 2.24) is 10.2 Å². The highest BCUT2D eigenvalue weighted by Crippen LogP contribution is 2.24. The fraction of sp³-hybridized carbons (Fsp3) is 0.0667. The summed E-state index contributed by atoms with van der Waals surface area (Å²) >= 11 is 9.18. The van der Waals surface area contributed by atoms with Crippen LogP contribution in [0.4, 0.5) is 10.1 Å². The Kier molecular flexibility index (Phi) is 4.40. The van der Waals surface area contributed by atoms with Crippen LogP contribution in [0.1, 0.15) is 5.89 Å². The maximum Gasteiger partial charge on any atom is 0.247 e. The van der Waals surface area contributed by atoms with E-state index in [0.717, 1.165) is 10.0 Å². The quantitative estimate of drug-likeness (QED) is 0.697. The number of hydrogen-bond acceptors (Lipinski definition) is 4. The van der Waals surface area contributed by atoms with Crippen molar-refractivity contribution in [3.05, 3.63) is 63.7 Å². The van der Waals surface area contributed by atoms with Crippen LogP contribution in [0.2, 0.25) is 5.02 Å². The van der Waals surface area contributed by atoms with E-state index in [1.165, 1.54) is 12.1 Å². The van der Waals surface area contributed by atoms with Crippen LogP contribution in [0.15, 0.2) is 51.4 Å². The molecule has 112 valence electrons. The lowest BCUT2D eigenvalue weighted by Gasteiger charge is -2.05. The first-order chi connectivity index (χ1) is 10.6. The molecule has 0 atom stereocenters. The molecule has 0 saturated carbocycles. The van der Waals surface area contributed by atoms with E-state index >= 15 is 0 Å². The molecule has 1 heterocycles. The Morgan fingerprint density at radius 1 is 1.14 bits per heavy atom. The van der Waals surface area contributed by atoms with Crippen molar-refractivity contribution in [2.75, 3.05) is 5.32 Å². The molecule has 3 rings (SSSR count). The zero-order valence-electron chi connectivity index (χ0n) is 11.2. The summed E-state index contributed by atoms with van der Waals surface area (Å²) in [6.07, 6.45) is 0. The fourth-order valence-electron chi connectivity index (χ4n) is 1.84. The zero-order valence-corrected chi connectivity index (χ0v) is 13.5. The lowest BCUT2D eigenvalue weighted by atomic mass is 10.2. The molecule has 0 aliphatic rings. The molecule has 3 aromatic rings. The minimum absolute atomic E-state index is 0.294. The van der Waals surface area contributed by atoms with Crippen molar-refractivity contribution in [1.29, 1.82) is 0 Å². The first-order valence-electron chi connectivity index (χ1n) is 6.39. The Bertz CT molecular complexity index is 792. The summed E-state index contributed by atoms with van der Waals surface area (Å²) in [6.45, 7) is 0.294. The van der Waals surface area contributed by atoms with Gasteiger partial charge in [-0.15, -0.1) is 10.2 Å². The molecular formula is C15H10BrClFN3O. The number of nitrogens with one attached hydrogen (secondary N) is 1. The van der Waals surface area contributed by atoms with E-state index in [4.69, 9.17) is 16.0 Å². The third-order valence-electron chi connectivity index (χ3n) is 2.92. The molecule has 0 bridgehead atoms. The number of nitrogens with zero attached hydrogens (tertiary/aromatic N) is 2. The largest absolute Gasteiger partial charge is 0.419 e. The molecule has 1 aromatic heterocycles. The SMILES string of the molecule is Fc1ccc(Br)c(NCc2nnc(-c3ccc(Cl)cc3)o2)c1. The lowest BCUT2D eigenvalue weighted by molar-refractivity contribution is 0.515. The molecule has 4 nitrogen and oxygen atoms in total. The minimum Gasteiger partial charge on any atom is -0.419 e. The van der Waals surface area contributed by atoms with Crippen LogP contribution in [0.3, 0.4) is 0 Å². The van der Waals surface area contributed by atoms with Gasteiger partial charge in [0, 0.05) is 15.1 Å². The second-order valence-corrected chi connectivity index (χ2v) is 5.78.